The number of hydrogen-bond donors (Lipinski definition) is 2. The Kier molecular flexibility index (Phi) is 4.42. The quantitative estimate of drug-likeness (QED) is 0.810. The maximum absolute atomic E-state index is 11.7. The molecule has 0 radical (unpaired) electrons. The molecule has 0 fully saturated rings. The van der Waals surface area contributed by atoms with E-state index >= 15 is 0 Å². The minimum atomic E-state index is 0.0331. The Bertz CT molecular complexity index is 508. The largest absolute Gasteiger partial charge is 0.352 e. The van der Waals surface area contributed by atoms with E-state index in [9.17, 15) is 4.79 Å². The highest BCUT2D eigenvalue weighted by Crippen LogP contribution is 2.08. The monoisotopic (exact) mass is 257 g/mol. The van der Waals surface area contributed by atoms with Crippen LogP contribution in [0.1, 0.15) is 11.1 Å². The second-order valence-corrected chi connectivity index (χ2v) is 4.62. The average Bonchev–Trinajstić information content (AvgIpc) is 2.40. The molecule has 0 aliphatic heterocycles. The third-order valence-electron chi connectivity index (χ3n) is 2.63. The zero-order valence-corrected chi connectivity index (χ0v) is 10.9. The molecule has 2 rings (SSSR count). The molecule has 0 spiro atoms. The van der Waals surface area contributed by atoms with Crippen molar-refractivity contribution < 1.29 is 4.79 Å². The van der Waals surface area contributed by atoms with Gasteiger partial charge in [-0.3, -0.25) is 4.79 Å². The van der Waals surface area contributed by atoms with Crippen LogP contribution in [-0.2, 0) is 17.8 Å². The highest BCUT2D eigenvalue weighted by atomic mass is 32.1. The van der Waals surface area contributed by atoms with Crippen LogP contribution in [0.3, 0.4) is 0 Å². The molecule has 0 aromatic heterocycles. The Balaban J connectivity index is 1.84. The van der Waals surface area contributed by atoms with E-state index in [0.29, 0.717) is 13.0 Å². The zero-order chi connectivity index (χ0) is 12.8. The number of hydrogen-bond acceptors (Lipinski definition) is 2. The topological polar surface area (TPSA) is 29.1 Å². The molecule has 3 heteroatoms. The molecule has 92 valence electrons. The number of carbonyl (C=O) groups excluding carboxylic acids is 1. The van der Waals surface area contributed by atoms with Gasteiger partial charge in [-0.05, 0) is 23.3 Å². The highest BCUT2D eigenvalue weighted by molar-refractivity contribution is 7.80. The molecule has 2 nitrogen and oxygen atoms in total. The standard InChI is InChI=1S/C15H15NOS/c17-15(10-12-6-8-14(18)9-7-12)16-11-13-4-2-1-3-5-13/h1-9,18H,10-11H2,(H,16,17). The molecule has 0 aliphatic rings. The Labute approximate surface area is 112 Å². The summed E-state index contributed by atoms with van der Waals surface area (Å²) < 4.78 is 0. The summed E-state index contributed by atoms with van der Waals surface area (Å²) in [6.07, 6.45) is 0.404. The van der Waals surface area contributed by atoms with Crippen LogP contribution in [0.4, 0.5) is 0 Å². The fourth-order valence-electron chi connectivity index (χ4n) is 1.66. The molecule has 0 unspecified atom stereocenters. The second kappa shape index (κ2) is 6.26. The van der Waals surface area contributed by atoms with E-state index in [2.05, 4.69) is 17.9 Å². The average molecular weight is 257 g/mol. The number of rotatable bonds is 4. The Morgan fingerprint density at radius 1 is 0.944 bits per heavy atom. The summed E-state index contributed by atoms with van der Waals surface area (Å²) in [6, 6.07) is 17.5. The van der Waals surface area contributed by atoms with Gasteiger partial charge in [-0.1, -0.05) is 42.5 Å². The van der Waals surface area contributed by atoms with Gasteiger partial charge in [-0.2, -0.15) is 0 Å². The smallest absolute Gasteiger partial charge is 0.224 e. The molecule has 18 heavy (non-hydrogen) atoms. The van der Waals surface area contributed by atoms with E-state index in [1.54, 1.807) is 0 Å². The van der Waals surface area contributed by atoms with Gasteiger partial charge >= 0.3 is 0 Å². The minimum absolute atomic E-state index is 0.0331. The van der Waals surface area contributed by atoms with Crippen molar-refractivity contribution >= 4 is 18.5 Å². The number of thiol groups is 1. The van der Waals surface area contributed by atoms with Crippen molar-refractivity contribution in [2.24, 2.45) is 0 Å². The number of nitrogens with one attached hydrogen (secondary N) is 1. The summed E-state index contributed by atoms with van der Waals surface area (Å²) in [7, 11) is 0. The SMILES string of the molecule is O=C(Cc1ccc(S)cc1)NCc1ccccc1. The van der Waals surface area contributed by atoms with Crippen LogP contribution in [0, 0.1) is 0 Å². The lowest BCUT2D eigenvalue weighted by Crippen LogP contribution is -2.24. The molecule has 0 bridgehead atoms. The van der Waals surface area contributed by atoms with Crippen LogP contribution in [0.5, 0.6) is 0 Å². The van der Waals surface area contributed by atoms with Gasteiger partial charge in [0.05, 0.1) is 6.42 Å². The van der Waals surface area contributed by atoms with E-state index in [1.165, 1.54) is 0 Å². The normalized spacial score (nSPS) is 10.1. The summed E-state index contributed by atoms with van der Waals surface area (Å²) in [6.45, 7) is 0.574. The molecule has 1 N–H and O–H groups in total. The van der Waals surface area contributed by atoms with Gasteiger partial charge in [0.1, 0.15) is 0 Å². The first-order valence-electron chi connectivity index (χ1n) is 5.82. The molecule has 0 saturated carbocycles. The molecular weight excluding hydrogens is 242 g/mol. The summed E-state index contributed by atoms with van der Waals surface area (Å²) in [5.41, 5.74) is 2.11. The summed E-state index contributed by atoms with van der Waals surface area (Å²) in [5.74, 6) is 0.0331. The van der Waals surface area contributed by atoms with Crippen molar-refractivity contribution in [3.05, 3.63) is 65.7 Å². The lowest BCUT2D eigenvalue weighted by molar-refractivity contribution is -0.120. The predicted octanol–water partition coefficient (Wildman–Crippen LogP) is 2.83. The molecule has 0 saturated heterocycles. The number of benzene rings is 2. The first-order chi connectivity index (χ1) is 8.74. The summed E-state index contributed by atoms with van der Waals surface area (Å²) in [5, 5.41) is 2.90. The van der Waals surface area contributed by atoms with Crippen molar-refractivity contribution in [2.45, 2.75) is 17.9 Å². The van der Waals surface area contributed by atoms with Gasteiger partial charge < -0.3 is 5.32 Å². The van der Waals surface area contributed by atoms with Crippen LogP contribution in [0.2, 0.25) is 0 Å². The van der Waals surface area contributed by atoms with Gasteiger partial charge in [0.25, 0.3) is 0 Å². The maximum Gasteiger partial charge on any atom is 0.224 e. The van der Waals surface area contributed by atoms with Gasteiger partial charge in [-0.15, -0.1) is 12.6 Å². The zero-order valence-electron chi connectivity index (χ0n) is 9.97. The molecule has 1 amide bonds. The van der Waals surface area contributed by atoms with E-state index in [4.69, 9.17) is 0 Å². The predicted molar refractivity (Wildman–Crippen MR) is 75.7 cm³/mol. The fraction of sp³-hybridized carbons (Fsp3) is 0.133. The summed E-state index contributed by atoms with van der Waals surface area (Å²) in [4.78, 5) is 12.6. The van der Waals surface area contributed by atoms with E-state index < -0.39 is 0 Å². The Morgan fingerprint density at radius 2 is 1.61 bits per heavy atom. The van der Waals surface area contributed by atoms with Crippen molar-refractivity contribution in [1.82, 2.24) is 5.32 Å². The first-order valence-corrected chi connectivity index (χ1v) is 6.27. The van der Waals surface area contributed by atoms with Crippen LogP contribution < -0.4 is 5.32 Å². The number of carbonyl (C=O) groups is 1. The molecule has 0 heterocycles. The van der Waals surface area contributed by atoms with E-state index in [0.717, 1.165) is 16.0 Å². The van der Waals surface area contributed by atoms with Crippen LogP contribution in [-0.4, -0.2) is 5.91 Å². The van der Waals surface area contributed by atoms with Gasteiger partial charge in [0.15, 0.2) is 0 Å². The third kappa shape index (κ3) is 3.93. The lowest BCUT2D eigenvalue weighted by Gasteiger charge is -2.05. The first kappa shape index (κ1) is 12.7. The molecule has 2 aromatic rings. The van der Waals surface area contributed by atoms with Crippen LogP contribution in [0.25, 0.3) is 0 Å². The second-order valence-electron chi connectivity index (χ2n) is 4.11. The van der Waals surface area contributed by atoms with Gasteiger partial charge in [0, 0.05) is 11.4 Å². The Hall–Kier alpha value is -1.74. The van der Waals surface area contributed by atoms with Crippen LogP contribution >= 0.6 is 12.6 Å². The maximum atomic E-state index is 11.7. The summed E-state index contributed by atoms with van der Waals surface area (Å²) >= 11 is 4.21. The van der Waals surface area contributed by atoms with Crippen LogP contribution in [0.15, 0.2) is 59.5 Å². The minimum Gasteiger partial charge on any atom is -0.352 e. The third-order valence-corrected chi connectivity index (χ3v) is 2.93. The lowest BCUT2D eigenvalue weighted by atomic mass is 10.1. The fourth-order valence-corrected chi connectivity index (χ4v) is 1.81. The van der Waals surface area contributed by atoms with Crippen molar-refractivity contribution in [1.29, 1.82) is 0 Å². The van der Waals surface area contributed by atoms with Gasteiger partial charge in [-0.25, -0.2) is 0 Å². The van der Waals surface area contributed by atoms with Gasteiger partial charge in [0.2, 0.25) is 5.91 Å². The highest BCUT2D eigenvalue weighted by Gasteiger charge is 2.02. The van der Waals surface area contributed by atoms with Crippen molar-refractivity contribution in [3.63, 3.8) is 0 Å². The Morgan fingerprint density at radius 3 is 2.28 bits per heavy atom. The molecular formula is C15H15NOS. The van der Waals surface area contributed by atoms with Crippen molar-refractivity contribution in [3.8, 4) is 0 Å². The van der Waals surface area contributed by atoms with Crippen molar-refractivity contribution in [2.75, 3.05) is 0 Å². The van der Waals surface area contributed by atoms with E-state index in [-0.39, 0.29) is 5.91 Å². The van der Waals surface area contributed by atoms with E-state index in [1.807, 2.05) is 54.6 Å². The molecule has 0 atom stereocenters. The molecule has 0 aliphatic carbocycles. The molecule has 2 aromatic carbocycles. The number of amides is 1.